The van der Waals surface area contributed by atoms with Gasteiger partial charge in [0.2, 0.25) is 0 Å². The van der Waals surface area contributed by atoms with Gasteiger partial charge in [-0.3, -0.25) is 0 Å². The van der Waals surface area contributed by atoms with Crippen LogP contribution in [0.25, 0.3) is 39.0 Å². The average molecular weight is 936 g/mol. The first kappa shape index (κ1) is 47.4. The third-order valence-electron chi connectivity index (χ3n) is 13.1. The van der Waals surface area contributed by atoms with Crippen LogP contribution in [-0.4, -0.2) is 127 Å². The van der Waals surface area contributed by atoms with Crippen LogP contribution >= 0.6 is 0 Å². The summed E-state index contributed by atoms with van der Waals surface area (Å²) in [6, 6.07) is 6.66. The zero-order valence-corrected chi connectivity index (χ0v) is 40.4. The molecule has 0 N–H and O–H groups in total. The van der Waals surface area contributed by atoms with E-state index in [9.17, 15) is 22.8 Å². The molecule has 0 saturated carbocycles. The third kappa shape index (κ3) is 10.5. The zero-order valence-electron chi connectivity index (χ0n) is 39.4. The first-order valence-electron chi connectivity index (χ1n) is 23.3. The summed E-state index contributed by atoms with van der Waals surface area (Å²) < 4.78 is 74.7. The molecule has 4 fully saturated rings. The van der Waals surface area contributed by atoms with Gasteiger partial charge in [-0.1, -0.05) is 38.4 Å². The fraction of sp³-hybridized carbons (Fsp3) is 0.604. The van der Waals surface area contributed by atoms with E-state index in [0.29, 0.717) is 93.2 Å². The van der Waals surface area contributed by atoms with Crippen molar-refractivity contribution in [1.29, 1.82) is 0 Å². The van der Waals surface area contributed by atoms with Gasteiger partial charge in [0.05, 0.1) is 18.3 Å². The number of alkyl halides is 3. The molecule has 14 nitrogen and oxygen atoms in total. The Morgan fingerprint density at radius 1 is 0.955 bits per heavy atom. The molecule has 0 bridgehead atoms. The maximum absolute atomic E-state index is 14.3. The van der Waals surface area contributed by atoms with Gasteiger partial charge in [-0.25, -0.2) is 14.3 Å². The van der Waals surface area contributed by atoms with Crippen molar-refractivity contribution in [3.8, 4) is 22.9 Å². The highest BCUT2D eigenvalue weighted by Crippen LogP contribution is 2.48. The van der Waals surface area contributed by atoms with Crippen molar-refractivity contribution in [3.05, 3.63) is 42.1 Å². The Hall–Kier alpha value is -5.10. The first-order valence-corrected chi connectivity index (χ1v) is 27.0. The normalized spacial score (nSPS) is 19.5. The van der Waals surface area contributed by atoms with Crippen LogP contribution in [0.1, 0.15) is 83.1 Å². The monoisotopic (exact) mass is 935 g/mol. The number of nitrogens with zero attached hydrogens (tertiary/aromatic N) is 7. The van der Waals surface area contributed by atoms with E-state index in [0.717, 1.165) is 54.6 Å². The van der Waals surface area contributed by atoms with Gasteiger partial charge in [0.25, 0.3) is 0 Å². The number of piperidine rings is 2. The highest BCUT2D eigenvalue weighted by molar-refractivity contribution is 6.76. The van der Waals surface area contributed by atoms with E-state index in [4.69, 9.17) is 38.8 Å². The second kappa shape index (κ2) is 18.5. The molecular weight excluding hydrogens is 872 g/mol. The van der Waals surface area contributed by atoms with Crippen molar-refractivity contribution in [1.82, 2.24) is 29.5 Å². The number of carbonyl (C=O) groups excluding carboxylic acids is 2. The predicted octanol–water partition coefficient (Wildman–Crippen LogP) is 10.4. The van der Waals surface area contributed by atoms with Crippen LogP contribution in [0.2, 0.25) is 25.7 Å². The van der Waals surface area contributed by atoms with Gasteiger partial charge in [0, 0.05) is 88.5 Å². The van der Waals surface area contributed by atoms with Crippen molar-refractivity contribution in [2.24, 2.45) is 5.41 Å². The number of halogens is 3. The van der Waals surface area contributed by atoms with Crippen molar-refractivity contribution in [2.75, 3.05) is 64.0 Å². The van der Waals surface area contributed by atoms with Crippen molar-refractivity contribution >= 4 is 54.0 Å². The number of hydrogen-bond acceptors (Lipinski definition) is 11. The van der Waals surface area contributed by atoms with Crippen molar-refractivity contribution in [2.45, 2.75) is 122 Å². The van der Waals surface area contributed by atoms with Crippen molar-refractivity contribution < 1.29 is 46.4 Å². The molecular formula is C48H64F3N7O7Si. The Balaban J connectivity index is 1.18. The Morgan fingerprint density at radius 2 is 1.68 bits per heavy atom. The summed E-state index contributed by atoms with van der Waals surface area (Å²) in [7, 11) is -1.38. The van der Waals surface area contributed by atoms with Crippen LogP contribution in [0.5, 0.6) is 11.8 Å². The Labute approximate surface area is 385 Å². The number of hydrogen-bond donors (Lipinski definition) is 0. The van der Waals surface area contributed by atoms with E-state index in [-0.39, 0.29) is 47.2 Å². The fourth-order valence-corrected chi connectivity index (χ4v) is 10.2. The molecule has 6 heterocycles. The average Bonchev–Trinajstić information content (AvgIpc) is 3.68. The number of likely N-dealkylation sites (tertiary alicyclic amines) is 2. The van der Waals surface area contributed by atoms with Crippen molar-refractivity contribution in [3.63, 3.8) is 0 Å². The molecule has 4 aliphatic heterocycles. The van der Waals surface area contributed by atoms with Crippen LogP contribution in [-0.2, 0) is 14.2 Å². The Morgan fingerprint density at radius 3 is 2.32 bits per heavy atom. The van der Waals surface area contributed by atoms with Gasteiger partial charge in [-0.2, -0.15) is 28.2 Å². The molecule has 2 aromatic heterocycles. The van der Waals surface area contributed by atoms with Gasteiger partial charge >= 0.3 is 24.4 Å². The number of amides is 2. The van der Waals surface area contributed by atoms with E-state index in [1.165, 1.54) is 0 Å². The fourth-order valence-electron chi connectivity index (χ4n) is 9.51. The molecule has 2 amide bonds. The molecule has 1 spiro atoms. The summed E-state index contributed by atoms with van der Waals surface area (Å²) in [6.45, 7) is 20.8. The molecule has 1 unspecified atom stereocenters. The summed E-state index contributed by atoms with van der Waals surface area (Å²) in [6.07, 6.45) is 2.58. The molecule has 18 heteroatoms. The highest BCUT2D eigenvalue weighted by Gasteiger charge is 2.48. The van der Waals surface area contributed by atoms with E-state index in [2.05, 4.69) is 31.1 Å². The molecule has 66 heavy (non-hydrogen) atoms. The van der Waals surface area contributed by atoms with Gasteiger partial charge in [0.15, 0.2) is 18.6 Å². The van der Waals surface area contributed by atoms with Crippen LogP contribution in [0, 0.1) is 12.3 Å². The topological polar surface area (TPSA) is 134 Å². The second-order valence-corrected chi connectivity index (χ2v) is 26.3. The summed E-state index contributed by atoms with van der Waals surface area (Å²) in [5.74, 6) is 0.433. The molecule has 1 atom stereocenters. The third-order valence-corrected chi connectivity index (χ3v) is 14.8. The minimum atomic E-state index is -4.67. The van der Waals surface area contributed by atoms with E-state index >= 15 is 0 Å². The summed E-state index contributed by atoms with van der Waals surface area (Å²) in [5.41, 5.74) is 2.64. The number of aryl methyl sites for hydroxylation is 1. The Kier molecular flexibility index (Phi) is 13.3. The maximum Gasteiger partial charge on any atom is 0.422 e. The summed E-state index contributed by atoms with van der Waals surface area (Å²) in [5, 5.41) is 5.98. The van der Waals surface area contributed by atoms with Gasteiger partial charge < -0.3 is 38.4 Å². The van der Waals surface area contributed by atoms with E-state index in [1.807, 2.05) is 50.6 Å². The molecule has 4 aromatic rings. The summed E-state index contributed by atoms with van der Waals surface area (Å²) >= 11 is 0. The summed E-state index contributed by atoms with van der Waals surface area (Å²) in [4.78, 5) is 41.3. The lowest BCUT2D eigenvalue weighted by Gasteiger charge is -2.53. The predicted molar refractivity (Wildman–Crippen MR) is 250 cm³/mol. The number of rotatable bonds is 11. The molecule has 4 saturated heterocycles. The van der Waals surface area contributed by atoms with Crippen LogP contribution in [0.15, 0.2) is 31.0 Å². The van der Waals surface area contributed by atoms with Crippen LogP contribution < -0.4 is 14.4 Å². The standard InChI is InChI=1S/C48H64F3N7O7Si/c1-9-32-26-34-40(41(63-30-48(49,50)51)39(32)38-31(2)13-14-36-35(38)27-52-58(36)37-12-10-11-23-61-37)53-43(64-33-15-19-56(20-16-33)44(59)62-24-25-66(6,7)8)54-42(34)55-21-17-47(18-22-55)28-57(29-47)45(60)65-46(3,4)5/h9,13-14,26-27,33,37H,1,10-12,15-25,28-30H2,2-8H3. The number of aromatic nitrogens is 4. The number of ether oxygens (including phenoxy) is 5. The van der Waals surface area contributed by atoms with Gasteiger partial charge in [0.1, 0.15) is 23.0 Å². The van der Waals surface area contributed by atoms with Gasteiger partial charge in [-0.05, 0) is 94.7 Å². The smallest absolute Gasteiger partial charge is 0.422 e. The second-order valence-electron chi connectivity index (χ2n) is 20.7. The quantitative estimate of drug-likeness (QED) is 0.133. The number of fused-ring (bicyclic) bond motifs is 2. The molecule has 8 rings (SSSR count). The lowest BCUT2D eigenvalue weighted by Crippen LogP contribution is -2.62. The zero-order chi connectivity index (χ0) is 47.2. The minimum Gasteiger partial charge on any atom is -0.481 e. The number of anilines is 1. The largest absolute Gasteiger partial charge is 0.481 e. The van der Waals surface area contributed by atoms with Crippen LogP contribution in [0.3, 0.4) is 0 Å². The number of benzene rings is 2. The molecule has 0 aliphatic carbocycles. The SMILES string of the molecule is C=Cc1cc2c(N3CCC4(CC3)CN(C(=O)OC(C)(C)C)C4)nc(OC3CCN(C(=O)OCC[Si](C)(C)C)CC3)nc2c(OCC(F)(F)F)c1-c1c(C)ccc2c1cnn2C1CCCCO1. The van der Waals surface area contributed by atoms with Gasteiger partial charge in [-0.15, -0.1) is 0 Å². The first-order chi connectivity index (χ1) is 31.2. The molecule has 4 aliphatic rings. The lowest BCUT2D eigenvalue weighted by atomic mass is 9.72. The Bertz CT molecular complexity index is 2440. The number of carbonyl (C=O) groups is 2. The van der Waals surface area contributed by atoms with E-state index < -0.39 is 26.5 Å². The van der Waals surface area contributed by atoms with E-state index in [1.54, 1.807) is 22.1 Å². The van der Waals surface area contributed by atoms with Crippen LogP contribution in [0.4, 0.5) is 28.6 Å². The molecule has 0 radical (unpaired) electrons. The minimum absolute atomic E-state index is 0.0000493. The highest BCUT2D eigenvalue weighted by atomic mass is 28.3. The maximum atomic E-state index is 14.3. The lowest BCUT2D eigenvalue weighted by molar-refractivity contribution is -0.153. The molecule has 358 valence electrons. The molecule has 2 aromatic carbocycles.